The second-order valence-electron chi connectivity index (χ2n) is 4.08. The van der Waals surface area contributed by atoms with Crippen molar-refractivity contribution in [1.82, 2.24) is 19.7 Å². The maximum Gasteiger partial charge on any atom is 0.134 e. The molecule has 0 aromatic carbocycles. The molecule has 2 aromatic rings. The summed E-state index contributed by atoms with van der Waals surface area (Å²) < 4.78 is 1.81. The van der Waals surface area contributed by atoms with Gasteiger partial charge in [0.2, 0.25) is 0 Å². The number of nitrogens with one attached hydrogen (secondary N) is 1. The SMILES string of the molecule is CCc1nn(C)cc1Nc1cc(C)nc(C)n1. The molecule has 0 aliphatic rings. The average molecular weight is 231 g/mol. The van der Waals surface area contributed by atoms with Gasteiger partial charge in [0.25, 0.3) is 0 Å². The second-order valence-corrected chi connectivity index (χ2v) is 4.08. The van der Waals surface area contributed by atoms with E-state index >= 15 is 0 Å². The van der Waals surface area contributed by atoms with Crippen molar-refractivity contribution < 1.29 is 0 Å². The number of hydrogen-bond donors (Lipinski definition) is 1. The molecule has 0 fully saturated rings. The van der Waals surface area contributed by atoms with Gasteiger partial charge in [0.05, 0.1) is 11.4 Å². The molecule has 0 saturated heterocycles. The van der Waals surface area contributed by atoms with Crippen molar-refractivity contribution in [3.63, 3.8) is 0 Å². The molecule has 0 amide bonds. The van der Waals surface area contributed by atoms with Crippen molar-refractivity contribution >= 4 is 11.5 Å². The quantitative estimate of drug-likeness (QED) is 0.879. The fourth-order valence-corrected chi connectivity index (χ4v) is 1.82. The van der Waals surface area contributed by atoms with Gasteiger partial charge < -0.3 is 5.32 Å². The van der Waals surface area contributed by atoms with Crippen molar-refractivity contribution in [1.29, 1.82) is 0 Å². The lowest BCUT2D eigenvalue weighted by molar-refractivity contribution is 0.746. The minimum absolute atomic E-state index is 0.773. The Balaban J connectivity index is 2.30. The van der Waals surface area contributed by atoms with E-state index in [2.05, 4.69) is 27.3 Å². The Labute approximate surface area is 101 Å². The summed E-state index contributed by atoms with van der Waals surface area (Å²) in [5, 5.41) is 7.67. The second kappa shape index (κ2) is 4.53. The molecule has 5 heteroatoms. The summed E-state index contributed by atoms with van der Waals surface area (Å²) in [6.07, 6.45) is 2.86. The van der Waals surface area contributed by atoms with Crippen LogP contribution in [0.5, 0.6) is 0 Å². The summed E-state index contributed by atoms with van der Waals surface area (Å²) >= 11 is 0. The number of aromatic nitrogens is 4. The molecule has 2 rings (SSSR count). The van der Waals surface area contributed by atoms with Crippen LogP contribution in [0, 0.1) is 13.8 Å². The lowest BCUT2D eigenvalue weighted by Gasteiger charge is -2.06. The molecule has 0 radical (unpaired) electrons. The highest BCUT2D eigenvalue weighted by Crippen LogP contribution is 2.19. The zero-order valence-corrected chi connectivity index (χ0v) is 10.7. The zero-order chi connectivity index (χ0) is 12.4. The van der Waals surface area contributed by atoms with E-state index < -0.39 is 0 Å². The molecule has 2 aromatic heterocycles. The van der Waals surface area contributed by atoms with Gasteiger partial charge in [-0.25, -0.2) is 9.97 Å². The summed E-state index contributed by atoms with van der Waals surface area (Å²) in [4.78, 5) is 8.61. The van der Waals surface area contributed by atoms with Crippen molar-refractivity contribution in [2.75, 3.05) is 5.32 Å². The van der Waals surface area contributed by atoms with E-state index in [0.29, 0.717) is 0 Å². The van der Waals surface area contributed by atoms with Crippen molar-refractivity contribution in [3.8, 4) is 0 Å². The van der Waals surface area contributed by atoms with Crippen molar-refractivity contribution in [3.05, 3.63) is 29.5 Å². The van der Waals surface area contributed by atoms with Crippen LogP contribution in [-0.2, 0) is 13.5 Å². The molecule has 5 nitrogen and oxygen atoms in total. The summed E-state index contributed by atoms with van der Waals surface area (Å²) in [5.74, 6) is 1.59. The zero-order valence-electron chi connectivity index (χ0n) is 10.7. The van der Waals surface area contributed by atoms with E-state index in [-0.39, 0.29) is 0 Å². The van der Waals surface area contributed by atoms with E-state index in [4.69, 9.17) is 0 Å². The number of hydrogen-bond acceptors (Lipinski definition) is 4. The van der Waals surface area contributed by atoms with E-state index in [0.717, 1.165) is 35.1 Å². The van der Waals surface area contributed by atoms with Gasteiger partial charge >= 0.3 is 0 Å². The maximum atomic E-state index is 4.38. The summed E-state index contributed by atoms with van der Waals surface area (Å²) in [6.45, 7) is 5.94. The summed E-state index contributed by atoms with van der Waals surface area (Å²) in [6, 6.07) is 1.93. The van der Waals surface area contributed by atoms with Gasteiger partial charge in [0, 0.05) is 25.0 Å². The molecule has 0 atom stereocenters. The third-order valence-corrected chi connectivity index (χ3v) is 2.47. The smallest absolute Gasteiger partial charge is 0.134 e. The first-order valence-electron chi connectivity index (χ1n) is 5.70. The molecular weight excluding hydrogens is 214 g/mol. The monoisotopic (exact) mass is 231 g/mol. The van der Waals surface area contributed by atoms with Gasteiger partial charge in [-0.1, -0.05) is 6.92 Å². The highest BCUT2D eigenvalue weighted by molar-refractivity contribution is 5.58. The largest absolute Gasteiger partial charge is 0.337 e. The van der Waals surface area contributed by atoms with Crippen LogP contribution >= 0.6 is 0 Å². The van der Waals surface area contributed by atoms with E-state index in [1.54, 1.807) is 0 Å². The highest BCUT2D eigenvalue weighted by Gasteiger charge is 2.07. The Bertz CT molecular complexity index is 509. The Morgan fingerprint density at radius 2 is 2.06 bits per heavy atom. The molecule has 1 N–H and O–H groups in total. The van der Waals surface area contributed by atoms with Crippen LogP contribution in [0.15, 0.2) is 12.3 Å². The van der Waals surface area contributed by atoms with Gasteiger partial charge in [-0.2, -0.15) is 5.10 Å². The molecule has 90 valence electrons. The fraction of sp³-hybridized carbons (Fsp3) is 0.417. The highest BCUT2D eigenvalue weighted by atomic mass is 15.3. The molecule has 0 unspecified atom stereocenters. The van der Waals surface area contributed by atoms with Crippen LogP contribution in [0.3, 0.4) is 0 Å². The standard InChI is InChI=1S/C12H17N5/c1-5-10-11(7-17(4)16-10)15-12-6-8(2)13-9(3)14-12/h6-7H,5H2,1-4H3,(H,13,14,15). The summed E-state index contributed by atoms with van der Waals surface area (Å²) in [7, 11) is 1.92. The number of rotatable bonds is 3. The molecule has 0 bridgehead atoms. The Hall–Kier alpha value is -1.91. The average Bonchev–Trinajstić information content (AvgIpc) is 2.57. The lowest BCUT2D eigenvalue weighted by Crippen LogP contribution is -1.99. The van der Waals surface area contributed by atoms with Gasteiger partial charge in [-0.05, 0) is 20.3 Å². The molecule has 2 heterocycles. The Kier molecular flexibility index (Phi) is 3.08. The molecule has 0 spiro atoms. The Morgan fingerprint density at radius 1 is 1.29 bits per heavy atom. The van der Waals surface area contributed by atoms with Crippen LogP contribution in [0.25, 0.3) is 0 Å². The molecule has 17 heavy (non-hydrogen) atoms. The minimum atomic E-state index is 0.773. The summed E-state index contributed by atoms with van der Waals surface area (Å²) in [5.41, 5.74) is 3.01. The first kappa shape index (κ1) is 11.6. The predicted molar refractivity (Wildman–Crippen MR) is 67.4 cm³/mol. The van der Waals surface area contributed by atoms with E-state index in [9.17, 15) is 0 Å². The minimum Gasteiger partial charge on any atom is -0.337 e. The van der Waals surface area contributed by atoms with Crippen molar-refractivity contribution in [2.24, 2.45) is 7.05 Å². The molecule has 0 saturated carbocycles. The van der Waals surface area contributed by atoms with E-state index in [1.165, 1.54) is 0 Å². The van der Waals surface area contributed by atoms with Gasteiger partial charge in [-0.15, -0.1) is 0 Å². The van der Waals surface area contributed by atoms with Crippen LogP contribution in [0.2, 0.25) is 0 Å². The van der Waals surface area contributed by atoms with Gasteiger partial charge in [0.1, 0.15) is 11.6 Å². The first-order chi connectivity index (χ1) is 8.08. The number of anilines is 2. The van der Waals surface area contributed by atoms with E-state index in [1.807, 2.05) is 37.8 Å². The number of aryl methyl sites for hydroxylation is 4. The van der Waals surface area contributed by atoms with Gasteiger partial charge in [-0.3, -0.25) is 4.68 Å². The normalized spacial score (nSPS) is 10.6. The third-order valence-electron chi connectivity index (χ3n) is 2.47. The van der Waals surface area contributed by atoms with Crippen LogP contribution in [0.1, 0.15) is 24.1 Å². The lowest BCUT2D eigenvalue weighted by atomic mass is 10.3. The van der Waals surface area contributed by atoms with Crippen LogP contribution < -0.4 is 5.32 Å². The van der Waals surface area contributed by atoms with Gasteiger partial charge in [0.15, 0.2) is 0 Å². The molecule has 0 aliphatic heterocycles. The fourth-order valence-electron chi connectivity index (χ4n) is 1.82. The molecular formula is C12H17N5. The predicted octanol–water partition coefficient (Wildman–Crippen LogP) is 2.13. The Morgan fingerprint density at radius 3 is 2.71 bits per heavy atom. The topological polar surface area (TPSA) is 55.6 Å². The third kappa shape index (κ3) is 2.61. The van der Waals surface area contributed by atoms with Crippen LogP contribution in [-0.4, -0.2) is 19.7 Å². The first-order valence-corrected chi connectivity index (χ1v) is 5.70. The molecule has 0 aliphatic carbocycles. The number of nitrogens with zero attached hydrogens (tertiary/aromatic N) is 4. The van der Waals surface area contributed by atoms with Crippen LogP contribution in [0.4, 0.5) is 11.5 Å². The maximum absolute atomic E-state index is 4.38. The van der Waals surface area contributed by atoms with Crippen molar-refractivity contribution in [2.45, 2.75) is 27.2 Å².